The van der Waals surface area contributed by atoms with Gasteiger partial charge in [0.15, 0.2) is 0 Å². The summed E-state index contributed by atoms with van der Waals surface area (Å²) in [5.41, 5.74) is 1.24. The molecule has 0 aromatic heterocycles. The molecule has 3 aromatic rings. The van der Waals surface area contributed by atoms with Crippen molar-refractivity contribution >= 4 is 5.97 Å². The predicted octanol–water partition coefficient (Wildman–Crippen LogP) is 5.32. The van der Waals surface area contributed by atoms with E-state index in [0.29, 0.717) is 12.6 Å². The molecule has 4 nitrogen and oxygen atoms in total. The van der Waals surface area contributed by atoms with Gasteiger partial charge in [0.1, 0.15) is 6.10 Å². The van der Waals surface area contributed by atoms with E-state index < -0.39 is 5.60 Å². The number of fused-ring (bicyclic) bond motifs is 2. The van der Waals surface area contributed by atoms with Gasteiger partial charge in [0, 0.05) is 12.1 Å². The van der Waals surface area contributed by atoms with Gasteiger partial charge in [0.25, 0.3) is 0 Å². The third kappa shape index (κ3) is 4.21. The molecular weight excluding hydrogens is 410 g/mol. The van der Waals surface area contributed by atoms with Crippen molar-refractivity contribution in [2.45, 2.75) is 56.1 Å². The van der Waals surface area contributed by atoms with Crippen molar-refractivity contribution < 1.29 is 14.3 Å². The van der Waals surface area contributed by atoms with Crippen LogP contribution in [0.2, 0.25) is 0 Å². The third-order valence-corrected chi connectivity index (χ3v) is 7.31. The average molecular weight is 442 g/mol. The number of carbonyl (C=O) groups excluding carboxylic acids is 1. The Labute approximate surface area is 196 Å². The average Bonchev–Trinajstić information content (AvgIpc) is 3.10. The topological polar surface area (TPSA) is 38.8 Å². The van der Waals surface area contributed by atoms with Crippen LogP contribution >= 0.6 is 0 Å². The highest BCUT2D eigenvalue weighted by molar-refractivity contribution is 5.86. The van der Waals surface area contributed by atoms with Crippen molar-refractivity contribution in [3.05, 3.63) is 108 Å². The largest absolute Gasteiger partial charge is 0.458 e. The zero-order chi connectivity index (χ0) is 22.7. The first kappa shape index (κ1) is 21.9. The first-order chi connectivity index (χ1) is 16.2. The second kappa shape index (κ2) is 9.50. The Balaban J connectivity index is 1.53. The molecule has 2 heterocycles. The molecule has 3 aromatic carbocycles. The molecule has 0 N–H and O–H groups in total. The number of piperidine rings is 1. The molecule has 0 radical (unpaired) electrons. The van der Waals surface area contributed by atoms with Crippen LogP contribution in [-0.4, -0.2) is 36.1 Å². The zero-order valence-corrected chi connectivity index (χ0v) is 19.1. The molecule has 4 heteroatoms. The number of esters is 1. The van der Waals surface area contributed by atoms with Gasteiger partial charge in [-0.15, -0.1) is 0 Å². The van der Waals surface area contributed by atoms with Crippen LogP contribution in [0.1, 0.15) is 42.4 Å². The van der Waals surface area contributed by atoms with Crippen molar-refractivity contribution in [2.75, 3.05) is 7.05 Å². The molecule has 2 fully saturated rings. The number of benzene rings is 3. The first-order valence-corrected chi connectivity index (χ1v) is 11.9. The van der Waals surface area contributed by atoms with Gasteiger partial charge in [-0.1, -0.05) is 91.0 Å². The van der Waals surface area contributed by atoms with E-state index in [0.717, 1.165) is 36.0 Å². The summed E-state index contributed by atoms with van der Waals surface area (Å²) in [4.78, 5) is 16.6. The normalized spacial score (nSPS) is 22.8. The quantitative estimate of drug-likeness (QED) is 0.466. The Morgan fingerprint density at radius 1 is 0.818 bits per heavy atom. The molecule has 2 aliphatic heterocycles. The molecule has 0 aliphatic carbocycles. The summed E-state index contributed by atoms with van der Waals surface area (Å²) in [7, 11) is 2.16. The van der Waals surface area contributed by atoms with Crippen LogP contribution in [0.3, 0.4) is 0 Å². The SMILES string of the molecule is CN1C2CCC1[C@H](OC(=O)C(OCc1ccccc1)(c1ccccc1)c1ccccc1)CC2. The van der Waals surface area contributed by atoms with Crippen LogP contribution in [0, 0.1) is 0 Å². The van der Waals surface area contributed by atoms with E-state index in [1.165, 1.54) is 6.42 Å². The van der Waals surface area contributed by atoms with Crippen LogP contribution in [0.4, 0.5) is 0 Å². The third-order valence-electron chi connectivity index (χ3n) is 7.31. The number of carbonyl (C=O) groups is 1. The van der Waals surface area contributed by atoms with Crippen LogP contribution in [-0.2, 0) is 26.5 Å². The molecule has 0 amide bonds. The smallest absolute Gasteiger partial charge is 0.348 e. The second-order valence-electron chi connectivity index (χ2n) is 9.17. The first-order valence-electron chi connectivity index (χ1n) is 11.9. The summed E-state index contributed by atoms with van der Waals surface area (Å²) in [5.74, 6) is -0.334. The van der Waals surface area contributed by atoms with Gasteiger partial charge in [-0.05, 0) is 49.4 Å². The van der Waals surface area contributed by atoms with Gasteiger partial charge < -0.3 is 9.47 Å². The van der Waals surface area contributed by atoms with E-state index in [-0.39, 0.29) is 18.1 Å². The Hall–Kier alpha value is -2.95. The maximum absolute atomic E-state index is 14.2. The van der Waals surface area contributed by atoms with Crippen molar-refractivity contribution in [1.29, 1.82) is 0 Å². The Morgan fingerprint density at radius 3 is 1.97 bits per heavy atom. The zero-order valence-electron chi connectivity index (χ0n) is 19.1. The number of likely N-dealkylation sites (N-methyl/N-ethyl adjacent to an activating group) is 1. The molecule has 2 bridgehead atoms. The molecule has 3 atom stereocenters. The van der Waals surface area contributed by atoms with Gasteiger partial charge in [-0.3, -0.25) is 4.90 Å². The number of hydrogen-bond acceptors (Lipinski definition) is 4. The van der Waals surface area contributed by atoms with Crippen LogP contribution in [0.15, 0.2) is 91.0 Å². The van der Waals surface area contributed by atoms with Crippen LogP contribution in [0.5, 0.6) is 0 Å². The fraction of sp³-hybridized carbons (Fsp3) is 0.345. The molecule has 2 unspecified atom stereocenters. The number of rotatable bonds is 7. The van der Waals surface area contributed by atoms with E-state index in [4.69, 9.17) is 9.47 Å². The molecule has 2 saturated heterocycles. The molecule has 0 spiro atoms. The van der Waals surface area contributed by atoms with Gasteiger partial charge in [0.05, 0.1) is 6.61 Å². The summed E-state index contributed by atoms with van der Waals surface area (Å²) in [6.07, 6.45) is 4.12. The van der Waals surface area contributed by atoms with E-state index in [9.17, 15) is 4.79 Å². The van der Waals surface area contributed by atoms with Gasteiger partial charge in [0.2, 0.25) is 5.60 Å². The van der Waals surface area contributed by atoms with Crippen molar-refractivity contribution in [1.82, 2.24) is 4.90 Å². The second-order valence-corrected chi connectivity index (χ2v) is 9.17. The van der Waals surface area contributed by atoms with E-state index in [1.54, 1.807) is 0 Å². The Morgan fingerprint density at radius 2 is 1.36 bits per heavy atom. The lowest BCUT2D eigenvalue weighted by Crippen LogP contribution is -2.50. The summed E-state index contributed by atoms with van der Waals surface area (Å²) in [5, 5.41) is 0. The Kier molecular flexibility index (Phi) is 6.30. The highest BCUT2D eigenvalue weighted by atomic mass is 16.6. The lowest BCUT2D eigenvalue weighted by molar-refractivity contribution is -0.180. The summed E-state index contributed by atoms with van der Waals surface area (Å²) in [6, 6.07) is 30.4. The fourth-order valence-corrected chi connectivity index (χ4v) is 5.48. The fourth-order valence-electron chi connectivity index (χ4n) is 5.48. The molecule has 0 saturated carbocycles. The minimum atomic E-state index is -1.34. The van der Waals surface area contributed by atoms with E-state index in [2.05, 4.69) is 11.9 Å². The van der Waals surface area contributed by atoms with Crippen molar-refractivity contribution in [3.8, 4) is 0 Å². The highest BCUT2D eigenvalue weighted by Gasteiger charge is 2.49. The minimum Gasteiger partial charge on any atom is -0.458 e. The standard InChI is InChI=1S/C29H31NO3/c1-30-25-17-19-26(30)27(20-18-25)33-28(31)29(23-13-7-3-8-14-23,24-15-9-4-10-16-24)32-21-22-11-5-2-6-12-22/h2-16,25-27H,17-21H2,1H3/t25?,26?,27-/m1/s1. The molecular formula is C29H31NO3. The lowest BCUT2D eigenvalue weighted by Gasteiger charge is -2.39. The number of nitrogens with zero attached hydrogens (tertiary/aromatic N) is 1. The highest BCUT2D eigenvalue weighted by Crippen LogP contribution is 2.40. The Bertz CT molecular complexity index is 1010. The number of ether oxygens (including phenoxy) is 2. The van der Waals surface area contributed by atoms with Gasteiger partial charge >= 0.3 is 5.97 Å². The maximum atomic E-state index is 14.2. The minimum absolute atomic E-state index is 0.117. The summed E-state index contributed by atoms with van der Waals surface area (Å²) in [6.45, 7) is 0.301. The molecule has 33 heavy (non-hydrogen) atoms. The van der Waals surface area contributed by atoms with Crippen molar-refractivity contribution in [2.24, 2.45) is 0 Å². The summed E-state index contributed by atoms with van der Waals surface area (Å²) < 4.78 is 13.0. The van der Waals surface area contributed by atoms with Crippen LogP contribution < -0.4 is 0 Å². The maximum Gasteiger partial charge on any atom is 0.348 e. The monoisotopic (exact) mass is 441 g/mol. The number of hydrogen-bond donors (Lipinski definition) is 0. The predicted molar refractivity (Wildman–Crippen MR) is 129 cm³/mol. The van der Waals surface area contributed by atoms with E-state index in [1.807, 2.05) is 91.0 Å². The molecule has 170 valence electrons. The van der Waals surface area contributed by atoms with Crippen molar-refractivity contribution in [3.63, 3.8) is 0 Å². The molecule has 5 rings (SSSR count). The van der Waals surface area contributed by atoms with E-state index >= 15 is 0 Å². The summed E-state index contributed by atoms with van der Waals surface area (Å²) >= 11 is 0. The molecule has 2 aliphatic rings. The van der Waals surface area contributed by atoms with Crippen LogP contribution in [0.25, 0.3) is 0 Å². The lowest BCUT2D eigenvalue weighted by atomic mass is 9.85. The van der Waals surface area contributed by atoms with Gasteiger partial charge in [-0.2, -0.15) is 0 Å². The van der Waals surface area contributed by atoms with Gasteiger partial charge in [-0.25, -0.2) is 4.79 Å².